The van der Waals surface area contributed by atoms with Gasteiger partial charge in [-0.1, -0.05) is 17.7 Å². The number of morpholine rings is 1. The number of ether oxygens (including phenoxy) is 1. The number of benzene rings is 1. The molecule has 1 aromatic rings. The van der Waals surface area contributed by atoms with Crippen molar-refractivity contribution < 1.29 is 13.2 Å². The van der Waals surface area contributed by atoms with Crippen LogP contribution in [-0.4, -0.2) is 39.0 Å². The fourth-order valence-electron chi connectivity index (χ4n) is 1.57. The number of halogens is 2. The second-order valence-corrected chi connectivity index (χ2v) is 6.59. The second-order valence-electron chi connectivity index (χ2n) is 3.72. The van der Waals surface area contributed by atoms with Gasteiger partial charge in [0.1, 0.15) is 0 Å². The maximum Gasteiger partial charge on any atom is 0.301 e. The molecule has 0 atom stereocenters. The number of rotatable bonds is 3. The van der Waals surface area contributed by atoms with Crippen LogP contribution in [0, 0.1) is 0 Å². The van der Waals surface area contributed by atoms with Crippen LogP contribution in [0.2, 0.25) is 5.02 Å². The highest BCUT2D eigenvalue weighted by Gasteiger charge is 2.24. The van der Waals surface area contributed by atoms with E-state index in [4.69, 9.17) is 16.3 Å². The van der Waals surface area contributed by atoms with Crippen molar-refractivity contribution in [2.24, 2.45) is 0 Å². The van der Waals surface area contributed by atoms with Gasteiger partial charge >= 0.3 is 10.2 Å². The van der Waals surface area contributed by atoms with E-state index in [-0.39, 0.29) is 0 Å². The molecule has 0 bridgehead atoms. The van der Waals surface area contributed by atoms with Gasteiger partial charge in [0.2, 0.25) is 0 Å². The molecule has 1 N–H and O–H groups in total. The molecule has 18 heavy (non-hydrogen) atoms. The summed E-state index contributed by atoms with van der Waals surface area (Å²) in [5.41, 5.74) is 0.425. The summed E-state index contributed by atoms with van der Waals surface area (Å²) in [7, 11) is -3.56. The van der Waals surface area contributed by atoms with Crippen LogP contribution >= 0.6 is 27.5 Å². The van der Waals surface area contributed by atoms with Gasteiger partial charge < -0.3 is 4.74 Å². The average Bonchev–Trinajstić information content (AvgIpc) is 2.36. The van der Waals surface area contributed by atoms with Gasteiger partial charge in [0, 0.05) is 13.1 Å². The Bertz CT molecular complexity index is 532. The summed E-state index contributed by atoms with van der Waals surface area (Å²) in [6, 6.07) is 5.01. The Hall–Kier alpha value is -0.340. The highest BCUT2D eigenvalue weighted by Crippen LogP contribution is 2.31. The Kier molecular flexibility index (Phi) is 4.50. The van der Waals surface area contributed by atoms with Gasteiger partial charge in [0.05, 0.1) is 28.4 Å². The minimum absolute atomic E-state index is 0.355. The SMILES string of the molecule is O=S(=O)(Nc1cccc(Cl)c1Br)N1CCOCC1. The molecule has 1 aliphatic heterocycles. The van der Waals surface area contributed by atoms with Crippen molar-refractivity contribution in [3.63, 3.8) is 0 Å². The van der Waals surface area contributed by atoms with E-state index in [1.807, 2.05) is 0 Å². The van der Waals surface area contributed by atoms with E-state index in [1.54, 1.807) is 18.2 Å². The first-order valence-corrected chi connectivity index (χ1v) is 7.91. The Balaban J connectivity index is 2.19. The van der Waals surface area contributed by atoms with Crippen LogP contribution in [0.3, 0.4) is 0 Å². The van der Waals surface area contributed by atoms with E-state index in [0.717, 1.165) is 0 Å². The summed E-state index contributed by atoms with van der Waals surface area (Å²) in [6.45, 7) is 1.54. The van der Waals surface area contributed by atoms with Crippen molar-refractivity contribution in [3.8, 4) is 0 Å². The zero-order chi connectivity index (χ0) is 13.2. The van der Waals surface area contributed by atoms with Gasteiger partial charge in [-0.25, -0.2) is 0 Å². The molecule has 1 heterocycles. The predicted octanol–water partition coefficient (Wildman–Crippen LogP) is 2.09. The molecule has 8 heteroatoms. The van der Waals surface area contributed by atoms with Crippen LogP contribution in [0.5, 0.6) is 0 Å². The zero-order valence-electron chi connectivity index (χ0n) is 9.40. The topological polar surface area (TPSA) is 58.6 Å². The lowest BCUT2D eigenvalue weighted by Crippen LogP contribution is -2.43. The Morgan fingerprint density at radius 2 is 2.00 bits per heavy atom. The fourth-order valence-corrected chi connectivity index (χ4v) is 3.45. The Morgan fingerprint density at radius 3 is 2.67 bits per heavy atom. The van der Waals surface area contributed by atoms with Crippen LogP contribution < -0.4 is 4.72 Å². The molecule has 5 nitrogen and oxygen atoms in total. The van der Waals surface area contributed by atoms with Crippen molar-refractivity contribution in [3.05, 3.63) is 27.7 Å². The quantitative estimate of drug-likeness (QED) is 0.903. The van der Waals surface area contributed by atoms with Gasteiger partial charge in [-0.3, -0.25) is 4.72 Å². The highest BCUT2D eigenvalue weighted by molar-refractivity contribution is 9.10. The summed E-state index contributed by atoms with van der Waals surface area (Å²) < 4.78 is 33.7. The lowest BCUT2D eigenvalue weighted by atomic mass is 10.3. The fraction of sp³-hybridized carbons (Fsp3) is 0.400. The van der Waals surface area contributed by atoms with E-state index in [9.17, 15) is 8.42 Å². The largest absolute Gasteiger partial charge is 0.379 e. The number of anilines is 1. The van der Waals surface area contributed by atoms with Crippen molar-refractivity contribution in [1.82, 2.24) is 4.31 Å². The van der Waals surface area contributed by atoms with Crippen LogP contribution in [0.1, 0.15) is 0 Å². The van der Waals surface area contributed by atoms with E-state index in [0.29, 0.717) is 41.5 Å². The number of hydrogen-bond acceptors (Lipinski definition) is 3. The normalized spacial score (nSPS) is 17.7. The summed E-state index contributed by atoms with van der Waals surface area (Å²) in [6.07, 6.45) is 0. The molecule has 1 fully saturated rings. The molecular weight excluding hydrogens is 344 g/mol. The van der Waals surface area contributed by atoms with Crippen molar-refractivity contribution in [1.29, 1.82) is 0 Å². The number of nitrogens with zero attached hydrogens (tertiary/aromatic N) is 1. The zero-order valence-corrected chi connectivity index (χ0v) is 12.6. The van der Waals surface area contributed by atoms with E-state index < -0.39 is 10.2 Å². The van der Waals surface area contributed by atoms with Gasteiger partial charge in [-0.15, -0.1) is 0 Å². The Morgan fingerprint density at radius 1 is 1.33 bits per heavy atom. The molecule has 0 radical (unpaired) electrons. The maximum absolute atomic E-state index is 12.1. The van der Waals surface area contributed by atoms with Crippen LogP contribution in [-0.2, 0) is 14.9 Å². The maximum atomic E-state index is 12.1. The van der Waals surface area contributed by atoms with E-state index >= 15 is 0 Å². The smallest absolute Gasteiger partial charge is 0.301 e. The molecule has 0 unspecified atom stereocenters. The minimum Gasteiger partial charge on any atom is -0.379 e. The Labute approximate surface area is 119 Å². The van der Waals surface area contributed by atoms with Crippen LogP contribution in [0.4, 0.5) is 5.69 Å². The first-order valence-electron chi connectivity index (χ1n) is 5.30. The third kappa shape index (κ3) is 3.16. The van der Waals surface area contributed by atoms with E-state index in [2.05, 4.69) is 20.7 Å². The van der Waals surface area contributed by atoms with Crippen molar-refractivity contribution >= 4 is 43.4 Å². The van der Waals surface area contributed by atoms with Gasteiger partial charge in [0.15, 0.2) is 0 Å². The molecule has 0 saturated carbocycles. The predicted molar refractivity (Wildman–Crippen MR) is 74.1 cm³/mol. The highest BCUT2D eigenvalue weighted by atomic mass is 79.9. The molecule has 1 saturated heterocycles. The number of hydrogen-bond donors (Lipinski definition) is 1. The lowest BCUT2D eigenvalue weighted by Gasteiger charge is -2.26. The first-order chi connectivity index (χ1) is 8.50. The number of nitrogens with one attached hydrogen (secondary N) is 1. The third-order valence-corrected chi connectivity index (χ3v) is 5.42. The van der Waals surface area contributed by atoms with E-state index in [1.165, 1.54) is 4.31 Å². The summed E-state index contributed by atoms with van der Waals surface area (Å²) in [5, 5.41) is 0.456. The molecule has 100 valence electrons. The van der Waals surface area contributed by atoms with Crippen molar-refractivity contribution in [2.45, 2.75) is 0 Å². The molecule has 2 rings (SSSR count). The second kappa shape index (κ2) is 5.75. The van der Waals surface area contributed by atoms with Gasteiger partial charge in [0.25, 0.3) is 0 Å². The summed E-state index contributed by atoms with van der Waals surface area (Å²) >= 11 is 9.17. The van der Waals surface area contributed by atoms with Crippen molar-refractivity contribution in [2.75, 3.05) is 31.0 Å². The van der Waals surface area contributed by atoms with Gasteiger partial charge in [-0.05, 0) is 28.1 Å². The minimum atomic E-state index is -3.56. The van der Waals surface area contributed by atoms with Crippen LogP contribution in [0.15, 0.2) is 22.7 Å². The molecule has 1 aliphatic rings. The van der Waals surface area contributed by atoms with Crippen LogP contribution in [0.25, 0.3) is 0 Å². The molecule has 0 aromatic heterocycles. The third-order valence-electron chi connectivity index (χ3n) is 2.50. The molecular formula is C10H12BrClN2O3S. The first kappa shape index (κ1) is 14.1. The summed E-state index contributed by atoms with van der Waals surface area (Å²) in [4.78, 5) is 0. The average molecular weight is 356 g/mol. The molecule has 1 aromatic carbocycles. The molecule has 0 amide bonds. The molecule has 0 spiro atoms. The summed E-state index contributed by atoms with van der Waals surface area (Å²) in [5.74, 6) is 0. The molecule has 0 aliphatic carbocycles. The monoisotopic (exact) mass is 354 g/mol. The standard InChI is InChI=1S/C10H12BrClN2O3S/c11-10-8(12)2-1-3-9(10)13-18(15,16)14-4-6-17-7-5-14/h1-3,13H,4-7H2. The van der Waals surface area contributed by atoms with Gasteiger partial charge in [-0.2, -0.15) is 12.7 Å². The lowest BCUT2D eigenvalue weighted by molar-refractivity contribution is 0.0733.